The van der Waals surface area contributed by atoms with Crippen molar-refractivity contribution in [3.8, 4) is 0 Å². The zero-order chi connectivity index (χ0) is 27.2. The smallest absolute Gasteiger partial charge is 0.348 e. The Morgan fingerprint density at radius 3 is 2.30 bits per heavy atom. The number of aromatic nitrogens is 5. The van der Waals surface area contributed by atoms with E-state index < -0.39 is 29.6 Å². The van der Waals surface area contributed by atoms with Crippen molar-refractivity contribution in [3.05, 3.63) is 51.0 Å². The first kappa shape index (κ1) is 26.4. The largest absolute Gasteiger partial charge is 0.433 e. The van der Waals surface area contributed by atoms with Gasteiger partial charge in [-0.3, -0.25) is 9.59 Å². The van der Waals surface area contributed by atoms with Gasteiger partial charge in [0.05, 0.1) is 17.0 Å². The molecule has 0 spiro atoms. The maximum absolute atomic E-state index is 14.1. The second-order valence-corrected chi connectivity index (χ2v) is 9.62. The van der Waals surface area contributed by atoms with Gasteiger partial charge in [-0.1, -0.05) is 13.8 Å². The van der Waals surface area contributed by atoms with E-state index in [0.717, 1.165) is 0 Å². The number of hydrogen-bond donors (Lipinski definition) is 2. The first-order valence-corrected chi connectivity index (χ1v) is 11.8. The topological polar surface area (TPSA) is 117 Å². The first-order valence-electron chi connectivity index (χ1n) is 11.8. The first-order chi connectivity index (χ1) is 17.3. The summed E-state index contributed by atoms with van der Waals surface area (Å²) >= 11 is 0. The molecule has 0 aliphatic carbocycles. The molecule has 1 aliphatic heterocycles. The summed E-state index contributed by atoms with van der Waals surface area (Å²) in [6, 6.07) is -0.999. The Hall–Kier alpha value is -3.64. The number of aromatic amines is 1. The number of hydrogen-bond acceptors (Lipinski definition) is 7. The Morgan fingerprint density at radius 1 is 1.14 bits per heavy atom. The highest BCUT2D eigenvalue weighted by Gasteiger charge is 2.39. The summed E-state index contributed by atoms with van der Waals surface area (Å²) < 4.78 is 56.0. The van der Waals surface area contributed by atoms with Gasteiger partial charge in [-0.25, -0.2) is 24.3 Å². The number of pyridine rings is 1. The lowest BCUT2D eigenvalue weighted by Crippen LogP contribution is -2.48. The van der Waals surface area contributed by atoms with E-state index in [9.17, 15) is 27.2 Å². The lowest BCUT2D eigenvalue weighted by Gasteiger charge is -2.37. The highest BCUT2D eigenvalue weighted by molar-refractivity contribution is 5.93. The van der Waals surface area contributed by atoms with Gasteiger partial charge in [0.25, 0.3) is 11.5 Å². The number of piperidine rings is 1. The molecule has 2 N–H and O–H groups in total. The molecule has 4 heterocycles. The Bertz CT molecular complexity index is 1380. The minimum absolute atomic E-state index is 0.0168. The maximum atomic E-state index is 14.1. The van der Waals surface area contributed by atoms with Gasteiger partial charge in [0.1, 0.15) is 12.0 Å². The Kier molecular flexibility index (Phi) is 6.91. The van der Waals surface area contributed by atoms with E-state index in [0.29, 0.717) is 0 Å². The van der Waals surface area contributed by atoms with Crippen molar-refractivity contribution in [1.29, 1.82) is 0 Å². The molecule has 3 atom stereocenters. The van der Waals surface area contributed by atoms with Crippen LogP contribution >= 0.6 is 0 Å². The average molecular weight is 522 g/mol. The summed E-state index contributed by atoms with van der Waals surface area (Å²) in [7, 11) is 0. The van der Waals surface area contributed by atoms with Crippen molar-refractivity contribution in [1.82, 2.24) is 29.8 Å². The summed E-state index contributed by atoms with van der Waals surface area (Å²) in [4.78, 5) is 45.2. The van der Waals surface area contributed by atoms with Gasteiger partial charge in [-0.15, -0.1) is 0 Å². The fourth-order valence-corrected chi connectivity index (χ4v) is 4.87. The Labute approximate surface area is 209 Å². The van der Waals surface area contributed by atoms with Crippen molar-refractivity contribution < 1.29 is 22.4 Å². The predicted octanol–water partition coefficient (Wildman–Crippen LogP) is 3.98. The van der Waals surface area contributed by atoms with E-state index in [1.807, 2.05) is 0 Å². The molecule has 3 unspecified atom stereocenters. The van der Waals surface area contributed by atoms with Gasteiger partial charge in [-0.05, 0) is 26.3 Å². The number of nitrogens with zero attached hydrogens (tertiary/aromatic N) is 5. The van der Waals surface area contributed by atoms with Crippen LogP contribution in [0, 0.1) is 25.7 Å². The van der Waals surface area contributed by atoms with Crippen LogP contribution in [0.5, 0.6) is 0 Å². The van der Waals surface area contributed by atoms with Crippen LogP contribution in [-0.2, 0) is 6.18 Å². The summed E-state index contributed by atoms with van der Waals surface area (Å²) in [5, 5.41) is 2.77. The summed E-state index contributed by atoms with van der Waals surface area (Å²) in [6.07, 6.45) is -3.25. The fourth-order valence-electron chi connectivity index (χ4n) is 4.87. The standard InChI is InChI=1S/C24H27F4N7O2/c1-10-8-35(9-11(2)18(10)25)22(37)15-6-29-23(30-7-15)31-13(4)16-12(3)17-20(32-14(5)33-21(17)36)34-19(16)24(26,27)28/h6-7,10-11,13,18H,8-9H2,1-5H3,(H,29,30,31)(H,32,33,34,36). The zero-order valence-corrected chi connectivity index (χ0v) is 20.9. The van der Waals surface area contributed by atoms with Gasteiger partial charge in [0.15, 0.2) is 11.3 Å². The number of carbonyl (C=O) groups is 1. The van der Waals surface area contributed by atoms with Crippen LogP contribution in [0.2, 0.25) is 0 Å². The number of carbonyl (C=O) groups excluding carboxylic acids is 1. The van der Waals surface area contributed by atoms with Crippen LogP contribution in [0.1, 0.15) is 59.8 Å². The number of rotatable bonds is 4. The Morgan fingerprint density at radius 2 is 1.73 bits per heavy atom. The highest BCUT2D eigenvalue weighted by Crippen LogP contribution is 2.37. The molecule has 0 aromatic carbocycles. The van der Waals surface area contributed by atoms with Crippen LogP contribution in [0.15, 0.2) is 17.2 Å². The number of fused-ring (bicyclic) bond motifs is 1. The normalized spacial score (nSPS) is 21.2. The number of alkyl halides is 4. The number of nitrogens with one attached hydrogen (secondary N) is 2. The molecule has 198 valence electrons. The van der Waals surface area contributed by atoms with Crippen LogP contribution in [0.25, 0.3) is 11.0 Å². The number of anilines is 1. The molecule has 3 aromatic rings. The minimum atomic E-state index is -4.80. The molecule has 1 aliphatic rings. The number of aryl methyl sites for hydroxylation is 2. The predicted molar refractivity (Wildman–Crippen MR) is 128 cm³/mol. The molecule has 1 amide bonds. The summed E-state index contributed by atoms with van der Waals surface area (Å²) in [5.41, 5.74) is -2.02. The molecule has 9 nitrogen and oxygen atoms in total. The molecular weight excluding hydrogens is 494 g/mol. The van der Waals surface area contributed by atoms with Crippen LogP contribution in [0.4, 0.5) is 23.5 Å². The van der Waals surface area contributed by atoms with Crippen molar-refractivity contribution >= 4 is 22.9 Å². The minimum Gasteiger partial charge on any atom is -0.348 e. The fraction of sp³-hybridized carbons (Fsp3) is 0.500. The molecule has 1 saturated heterocycles. The van der Waals surface area contributed by atoms with E-state index >= 15 is 0 Å². The van der Waals surface area contributed by atoms with Crippen LogP contribution < -0.4 is 10.9 Å². The van der Waals surface area contributed by atoms with Crippen molar-refractivity contribution in [2.24, 2.45) is 11.8 Å². The summed E-state index contributed by atoms with van der Waals surface area (Å²) in [5.74, 6) is -0.817. The molecule has 0 bridgehead atoms. The third-order valence-corrected chi connectivity index (χ3v) is 6.61. The van der Waals surface area contributed by atoms with E-state index in [1.54, 1.807) is 18.7 Å². The van der Waals surface area contributed by atoms with Gasteiger partial charge < -0.3 is 15.2 Å². The van der Waals surface area contributed by atoms with E-state index in [1.165, 1.54) is 33.2 Å². The number of H-pyrrole nitrogens is 1. The van der Waals surface area contributed by atoms with Gasteiger partial charge in [-0.2, -0.15) is 13.2 Å². The average Bonchev–Trinajstić information content (AvgIpc) is 2.80. The van der Waals surface area contributed by atoms with E-state index in [2.05, 4.69) is 30.2 Å². The van der Waals surface area contributed by atoms with E-state index in [-0.39, 0.29) is 70.3 Å². The van der Waals surface area contributed by atoms with Crippen molar-refractivity contribution in [2.45, 2.75) is 53.0 Å². The number of amides is 1. The van der Waals surface area contributed by atoms with Gasteiger partial charge >= 0.3 is 6.18 Å². The molecule has 0 radical (unpaired) electrons. The second kappa shape index (κ2) is 9.67. The molecule has 3 aromatic heterocycles. The third kappa shape index (κ3) is 5.12. The third-order valence-electron chi connectivity index (χ3n) is 6.61. The summed E-state index contributed by atoms with van der Waals surface area (Å²) in [6.45, 7) is 8.36. The number of halogens is 4. The molecule has 0 saturated carbocycles. The molecular formula is C24H27F4N7O2. The Balaban J connectivity index is 1.62. The SMILES string of the molecule is Cc1nc2nc(C(F)(F)F)c(C(C)Nc3ncc(C(=O)N4CC(C)C(F)C(C)C4)cn3)c(C)c2c(=O)[nH]1. The van der Waals surface area contributed by atoms with Gasteiger partial charge in [0.2, 0.25) is 5.95 Å². The number of likely N-dealkylation sites (tertiary alicyclic amines) is 1. The van der Waals surface area contributed by atoms with E-state index in [4.69, 9.17) is 0 Å². The molecule has 1 fully saturated rings. The highest BCUT2D eigenvalue weighted by atomic mass is 19.4. The van der Waals surface area contributed by atoms with Crippen LogP contribution in [0.3, 0.4) is 0 Å². The molecule has 37 heavy (non-hydrogen) atoms. The zero-order valence-electron chi connectivity index (χ0n) is 20.9. The van der Waals surface area contributed by atoms with Crippen LogP contribution in [-0.4, -0.2) is 55.0 Å². The molecule has 4 rings (SSSR count). The van der Waals surface area contributed by atoms with Crippen molar-refractivity contribution in [3.63, 3.8) is 0 Å². The monoisotopic (exact) mass is 521 g/mol. The lowest BCUT2D eigenvalue weighted by atomic mass is 9.89. The maximum Gasteiger partial charge on any atom is 0.433 e. The quantitative estimate of drug-likeness (QED) is 0.499. The molecule has 13 heteroatoms. The van der Waals surface area contributed by atoms with Crippen molar-refractivity contribution in [2.75, 3.05) is 18.4 Å². The lowest BCUT2D eigenvalue weighted by molar-refractivity contribution is -0.141. The van der Waals surface area contributed by atoms with Gasteiger partial charge in [0, 0.05) is 42.9 Å². The second-order valence-electron chi connectivity index (χ2n) is 9.62.